The molecule has 0 aliphatic carbocycles. The lowest BCUT2D eigenvalue weighted by Crippen LogP contribution is -2.28. The third kappa shape index (κ3) is 2.90. The van der Waals surface area contributed by atoms with Gasteiger partial charge in [-0.3, -0.25) is 4.79 Å². The number of nitrogens with two attached hydrogens (primary N) is 1. The molecule has 2 rings (SSSR count). The Morgan fingerprint density at radius 3 is 2.45 bits per heavy atom. The first-order valence-electron chi connectivity index (χ1n) is 7.26. The van der Waals surface area contributed by atoms with E-state index >= 15 is 0 Å². The number of carbonyl (C=O) groups is 1. The molecular weight excluding hydrogens is 250 g/mol. The first-order chi connectivity index (χ1) is 9.56. The predicted molar refractivity (Wildman–Crippen MR) is 82.9 cm³/mol. The van der Waals surface area contributed by atoms with E-state index in [1.54, 1.807) is 5.01 Å². The molecule has 4 heteroatoms. The minimum atomic E-state index is -0.0932. The van der Waals surface area contributed by atoms with E-state index in [4.69, 9.17) is 5.73 Å². The van der Waals surface area contributed by atoms with Gasteiger partial charge < -0.3 is 5.73 Å². The third-order valence-electron chi connectivity index (χ3n) is 3.65. The number of hydrogen-bond donors (Lipinski definition) is 1. The summed E-state index contributed by atoms with van der Waals surface area (Å²) in [6, 6.07) is 6.11. The van der Waals surface area contributed by atoms with Gasteiger partial charge in [0.2, 0.25) is 0 Å². The van der Waals surface area contributed by atoms with E-state index in [0.29, 0.717) is 6.54 Å². The number of hydrogen-bond acceptors (Lipinski definition) is 3. The van der Waals surface area contributed by atoms with E-state index in [-0.39, 0.29) is 11.8 Å². The molecule has 0 saturated carbocycles. The van der Waals surface area contributed by atoms with Crippen LogP contribution in [0.4, 0.5) is 5.69 Å². The Bertz CT molecular complexity index is 516. The van der Waals surface area contributed by atoms with Crippen molar-refractivity contribution in [3.05, 3.63) is 29.3 Å². The van der Waals surface area contributed by atoms with E-state index in [9.17, 15) is 4.79 Å². The molecule has 0 aromatic heterocycles. The quantitative estimate of drug-likeness (QED) is 0.896. The van der Waals surface area contributed by atoms with Gasteiger partial charge in [-0.1, -0.05) is 13.0 Å². The molecule has 1 heterocycles. The minimum Gasteiger partial charge on any atom is -0.330 e. The maximum atomic E-state index is 12.6. The predicted octanol–water partition coefficient (Wildman–Crippen LogP) is 2.77. The third-order valence-corrected chi connectivity index (χ3v) is 3.65. The van der Waals surface area contributed by atoms with E-state index in [0.717, 1.165) is 41.8 Å². The van der Waals surface area contributed by atoms with Crippen LogP contribution in [0.5, 0.6) is 0 Å². The largest absolute Gasteiger partial charge is 0.330 e. The van der Waals surface area contributed by atoms with Gasteiger partial charge in [0, 0.05) is 0 Å². The van der Waals surface area contributed by atoms with Gasteiger partial charge in [-0.25, -0.2) is 5.01 Å². The van der Waals surface area contributed by atoms with Crippen molar-refractivity contribution in [3.63, 3.8) is 0 Å². The van der Waals surface area contributed by atoms with Crippen LogP contribution in [0.2, 0.25) is 0 Å². The zero-order chi connectivity index (χ0) is 14.7. The molecule has 1 aliphatic rings. The van der Waals surface area contributed by atoms with E-state index in [2.05, 4.69) is 11.2 Å². The number of anilines is 1. The molecule has 0 bridgehead atoms. The molecule has 2 N–H and O–H groups in total. The maximum Gasteiger partial charge on any atom is 0.256 e. The second-order valence-electron chi connectivity index (χ2n) is 5.42. The highest BCUT2D eigenvalue weighted by molar-refractivity contribution is 6.15. The highest BCUT2D eigenvalue weighted by atomic mass is 16.2. The standard InChI is InChI=1S/C16H23N3O/c1-4-15-14(6-5-7-17)16(20)19(18-15)13-9-11(2)8-12(3)10-13/h8-10,14H,4-7,17H2,1-3H3. The summed E-state index contributed by atoms with van der Waals surface area (Å²) in [4.78, 5) is 12.6. The van der Waals surface area contributed by atoms with E-state index < -0.39 is 0 Å². The summed E-state index contributed by atoms with van der Waals surface area (Å²) in [6.07, 6.45) is 2.46. The van der Waals surface area contributed by atoms with Gasteiger partial charge in [0.15, 0.2) is 0 Å². The average Bonchev–Trinajstić information content (AvgIpc) is 2.72. The van der Waals surface area contributed by atoms with Crippen molar-refractivity contribution in [2.45, 2.75) is 40.0 Å². The van der Waals surface area contributed by atoms with Gasteiger partial charge in [0.05, 0.1) is 17.3 Å². The fourth-order valence-corrected chi connectivity index (χ4v) is 2.72. The molecule has 0 fully saturated rings. The molecule has 1 unspecified atom stereocenters. The second kappa shape index (κ2) is 6.18. The van der Waals surface area contributed by atoms with Crippen LogP contribution in [-0.4, -0.2) is 18.2 Å². The summed E-state index contributed by atoms with van der Waals surface area (Å²) in [7, 11) is 0. The fourth-order valence-electron chi connectivity index (χ4n) is 2.72. The smallest absolute Gasteiger partial charge is 0.256 e. The van der Waals surface area contributed by atoms with Gasteiger partial charge in [0.25, 0.3) is 5.91 Å². The van der Waals surface area contributed by atoms with Crippen molar-refractivity contribution in [2.24, 2.45) is 16.8 Å². The van der Waals surface area contributed by atoms with Crippen molar-refractivity contribution in [2.75, 3.05) is 11.6 Å². The highest BCUT2D eigenvalue weighted by Gasteiger charge is 2.35. The molecule has 0 saturated heterocycles. The normalized spacial score (nSPS) is 18.6. The van der Waals surface area contributed by atoms with Crippen LogP contribution in [0.1, 0.15) is 37.3 Å². The molecule has 0 spiro atoms. The zero-order valence-corrected chi connectivity index (χ0v) is 12.5. The monoisotopic (exact) mass is 273 g/mol. The molecule has 4 nitrogen and oxygen atoms in total. The molecule has 108 valence electrons. The fraction of sp³-hybridized carbons (Fsp3) is 0.500. The Labute approximate surface area is 120 Å². The Hall–Kier alpha value is -1.68. The first kappa shape index (κ1) is 14.7. The van der Waals surface area contributed by atoms with Crippen molar-refractivity contribution < 1.29 is 4.79 Å². The summed E-state index contributed by atoms with van der Waals surface area (Å²) in [5, 5.41) is 6.10. The van der Waals surface area contributed by atoms with Crippen molar-refractivity contribution in [3.8, 4) is 0 Å². The molecule has 1 atom stereocenters. The Kier molecular flexibility index (Phi) is 4.55. The average molecular weight is 273 g/mol. The first-order valence-corrected chi connectivity index (χ1v) is 7.26. The van der Waals surface area contributed by atoms with Crippen LogP contribution < -0.4 is 10.7 Å². The molecule has 1 aromatic carbocycles. The minimum absolute atomic E-state index is 0.0836. The summed E-state index contributed by atoms with van der Waals surface area (Å²) in [6.45, 7) is 6.73. The summed E-state index contributed by atoms with van der Waals surface area (Å²) >= 11 is 0. The molecule has 0 radical (unpaired) electrons. The van der Waals surface area contributed by atoms with Gasteiger partial charge in [-0.05, 0) is 62.9 Å². The van der Waals surface area contributed by atoms with Gasteiger partial charge in [0.1, 0.15) is 0 Å². The van der Waals surface area contributed by atoms with Crippen LogP contribution in [-0.2, 0) is 4.79 Å². The number of carbonyl (C=O) groups excluding carboxylic acids is 1. The molecule has 1 aliphatic heterocycles. The highest BCUT2D eigenvalue weighted by Crippen LogP contribution is 2.28. The number of aryl methyl sites for hydroxylation is 2. The summed E-state index contributed by atoms with van der Waals surface area (Å²) < 4.78 is 0. The number of hydrazone groups is 1. The van der Waals surface area contributed by atoms with Crippen LogP contribution in [0.15, 0.2) is 23.3 Å². The molecule has 20 heavy (non-hydrogen) atoms. The van der Waals surface area contributed by atoms with Crippen LogP contribution in [0.3, 0.4) is 0 Å². The van der Waals surface area contributed by atoms with Gasteiger partial charge >= 0.3 is 0 Å². The SMILES string of the molecule is CCC1=NN(c2cc(C)cc(C)c2)C(=O)C1CCCN. The zero-order valence-electron chi connectivity index (χ0n) is 12.5. The maximum absolute atomic E-state index is 12.6. The molecule has 1 amide bonds. The number of rotatable bonds is 5. The van der Waals surface area contributed by atoms with Crippen molar-refractivity contribution in [1.82, 2.24) is 0 Å². The topological polar surface area (TPSA) is 58.7 Å². The number of nitrogens with zero attached hydrogens (tertiary/aromatic N) is 2. The summed E-state index contributed by atoms with van der Waals surface area (Å²) in [5.74, 6) is -0.00957. The summed E-state index contributed by atoms with van der Waals surface area (Å²) in [5.41, 5.74) is 9.69. The Morgan fingerprint density at radius 2 is 1.90 bits per heavy atom. The van der Waals surface area contributed by atoms with Crippen molar-refractivity contribution in [1.29, 1.82) is 0 Å². The number of benzene rings is 1. The Morgan fingerprint density at radius 1 is 1.25 bits per heavy atom. The lowest BCUT2D eigenvalue weighted by atomic mass is 9.96. The van der Waals surface area contributed by atoms with Gasteiger partial charge in [-0.2, -0.15) is 5.10 Å². The lowest BCUT2D eigenvalue weighted by molar-refractivity contribution is -0.119. The lowest BCUT2D eigenvalue weighted by Gasteiger charge is -2.15. The van der Waals surface area contributed by atoms with Gasteiger partial charge in [-0.15, -0.1) is 0 Å². The molecule has 1 aromatic rings. The van der Waals surface area contributed by atoms with E-state index in [1.807, 2.05) is 32.9 Å². The van der Waals surface area contributed by atoms with Crippen LogP contribution in [0.25, 0.3) is 0 Å². The van der Waals surface area contributed by atoms with Crippen LogP contribution >= 0.6 is 0 Å². The van der Waals surface area contributed by atoms with E-state index in [1.165, 1.54) is 0 Å². The molecular formula is C16H23N3O. The number of amides is 1. The second-order valence-corrected chi connectivity index (χ2v) is 5.42. The van der Waals surface area contributed by atoms with Crippen molar-refractivity contribution >= 4 is 17.3 Å². The van der Waals surface area contributed by atoms with Crippen LogP contribution in [0, 0.1) is 19.8 Å². The Balaban J connectivity index is 2.29.